The number of nitrogens with zero attached hydrogens (tertiary/aromatic N) is 3. The Kier molecular flexibility index (Phi) is 5.65. The molecule has 0 bridgehead atoms. The molecular formula is C22H20N4O5. The van der Waals surface area contributed by atoms with Crippen LogP contribution < -0.4 is 20.3 Å². The number of hydrogen-bond donors (Lipinski definition) is 1. The van der Waals surface area contributed by atoms with Crippen LogP contribution in [-0.2, 0) is 11.3 Å². The Labute approximate surface area is 177 Å². The van der Waals surface area contributed by atoms with Gasteiger partial charge in [-0.1, -0.05) is 35.5 Å². The second-order valence-electron chi connectivity index (χ2n) is 6.68. The number of aromatic nitrogens is 3. The molecule has 0 aliphatic rings. The lowest BCUT2D eigenvalue weighted by molar-refractivity contribution is -0.116. The fourth-order valence-corrected chi connectivity index (χ4v) is 3.17. The number of fused-ring (bicyclic) bond motifs is 1. The summed E-state index contributed by atoms with van der Waals surface area (Å²) in [6.45, 7) is 0.144. The Balaban J connectivity index is 1.52. The van der Waals surface area contributed by atoms with E-state index >= 15 is 0 Å². The molecule has 158 valence electrons. The van der Waals surface area contributed by atoms with E-state index in [1.165, 1.54) is 18.0 Å². The van der Waals surface area contributed by atoms with Crippen molar-refractivity contribution < 1.29 is 18.8 Å². The molecule has 4 rings (SSSR count). The standard InChI is InChI=1S/C22H20N4O5/c1-29-15-8-9-16(17(12-15)30-2)24-18(27)10-11-26-13-23-21-19(22(26)28)20(25-31-21)14-6-4-3-5-7-14/h3-9,12-13H,10-11H2,1-2H3,(H,24,27). The number of hydrogen-bond acceptors (Lipinski definition) is 7. The van der Waals surface area contributed by atoms with Crippen LogP contribution in [0.4, 0.5) is 5.69 Å². The highest BCUT2D eigenvalue weighted by molar-refractivity contribution is 5.92. The topological polar surface area (TPSA) is 108 Å². The minimum Gasteiger partial charge on any atom is -0.497 e. The lowest BCUT2D eigenvalue weighted by atomic mass is 10.1. The van der Waals surface area contributed by atoms with Crippen molar-refractivity contribution >= 4 is 22.7 Å². The van der Waals surface area contributed by atoms with Gasteiger partial charge in [0.1, 0.15) is 28.9 Å². The van der Waals surface area contributed by atoms with Crippen molar-refractivity contribution in [3.8, 4) is 22.8 Å². The molecule has 0 aliphatic carbocycles. The van der Waals surface area contributed by atoms with Crippen molar-refractivity contribution in [2.24, 2.45) is 0 Å². The van der Waals surface area contributed by atoms with Gasteiger partial charge >= 0.3 is 0 Å². The van der Waals surface area contributed by atoms with Crippen LogP contribution in [0.15, 0.2) is 64.2 Å². The molecule has 0 spiro atoms. The molecule has 4 aromatic rings. The molecule has 9 nitrogen and oxygen atoms in total. The number of ether oxygens (including phenoxy) is 2. The highest BCUT2D eigenvalue weighted by atomic mass is 16.5. The molecule has 2 aromatic carbocycles. The summed E-state index contributed by atoms with van der Waals surface area (Å²) in [6, 6.07) is 14.3. The lowest BCUT2D eigenvalue weighted by Gasteiger charge is -2.12. The molecule has 0 atom stereocenters. The first-order valence-corrected chi connectivity index (χ1v) is 9.53. The summed E-state index contributed by atoms with van der Waals surface area (Å²) in [4.78, 5) is 29.6. The predicted molar refractivity (Wildman–Crippen MR) is 114 cm³/mol. The third kappa shape index (κ3) is 4.11. The average Bonchev–Trinajstić information content (AvgIpc) is 3.24. The normalized spacial score (nSPS) is 10.8. The van der Waals surface area contributed by atoms with E-state index in [0.717, 1.165) is 5.56 Å². The van der Waals surface area contributed by atoms with Gasteiger partial charge in [0.2, 0.25) is 5.91 Å². The molecule has 0 fully saturated rings. The van der Waals surface area contributed by atoms with Crippen molar-refractivity contribution in [2.75, 3.05) is 19.5 Å². The quantitative estimate of drug-likeness (QED) is 0.489. The second-order valence-corrected chi connectivity index (χ2v) is 6.68. The molecule has 0 saturated heterocycles. The Morgan fingerprint density at radius 2 is 1.94 bits per heavy atom. The molecular weight excluding hydrogens is 400 g/mol. The summed E-state index contributed by atoms with van der Waals surface area (Å²) in [5.41, 5.74) is 1.53. The van der Waals surface area contributed by atoms with E-state index in [1.807, 2.05) is 30.3 Å². The molecule has 31 heavy (non-hydrogen) atoms. The smallest absolute Gasteiger partial charge is 0.266 e. The number of methoxy groups -OCH3 is 2. The summed E-state index contributed by atoms with van der Waals surface area (Å²) in [5.74, 6) is 0.817. The van der Waals surface area contributed by atoms with E-state index in [0.29, 0.717) is 22.9 Å². The number of carbonyl (C=O) groups is 1. The SMILES string of the molecule is COc1ccc(NC(=O)CCn2cnc3onc(-c4ccccc4)c3c2=O)c(OC)c1. The summed E-state index contributed by atoms with van der Waals surface area (Å²) >= 11 is 0. The largest absolute Gasteiger partial charge is 0.497 e. The molecule has 2 heterocycles. The zero-order valence-corrected chi connectivity index (χ0v) is 17.0. The van der Waals surface area contributed by atoms with Crippen molar-refractivity contribution in [2.45, 2.75) is 13.0 Å². The highest BCUT2D eigenvalue weighted by Gasteiger charge is 2.17. The molecule has 1 N–H and O–H groups in total. The lowest BCUT2D eigenvalue weighted by Crippen LogP contribution is -2.23. The summed E-state index contributed by atoms with van der Waals surface area (Å²) in [6.07, 6.45) is 1.42. The van der Waals surface area contributed by atoms with E-state index in [-0.39, 0.29) is 35.5 Å². The first-order chi connectivity index (χ1) is 15.1. The number of benzene rings is 2. The van der Waals surface area contributed by atoms with Crippen molar-refractivity contribution in [3.63, 3.8) is 0 Å². The van der Waals surface area contributed by atoms with E-state index < -0.39 is 0 Å². The molecule has 0 unspecified atom stereocenters. The van der Waals surface area contributed by atoms with Gasteiger partial charge in [-0.2, -0.15) is 0 Å². The first-order valence-electron chi connectivity index (χ1n) is 9.53. The van der Waals surface area contributed by atoms with Crippen LogP contribution in [0.5, 0.6) is 11.5 Å². The van der Waals surface area contributed by atoms with Crippen LogP contribution in [0.2, 0.25) is 0 Å². The van der Waals surface area contributed by atoms with Crippen LogP contribution >= 0.6 is 0 Å². The van der Waals surface area contributed by atoms with Crippen LogP contribution in [0.3, 0.4) is 0 Å². The molecule has 2 aromatic heterocycles. The number of nitrogens with one attached hydrogen (secondary N) is 1. The van der Waals surface area contributed by atoms with E-state index in [9.17, 15) is 9.59 Å². The van der Waals surface area contributed by atoms with Gasteiger partial charge in [0.15, 0.2) is 0 Å². The Morgan fingerprint density at radius 3 is 2.68 bits per heavy atom. The molecule has 9 heteroatoms. The molecule has 0 radical (unpaired) electrons. The van der Waals surface area contributed by atoms with Gasteiger partial charge in [0.05, 0.1) is 19.9 Å². The zero-order chi connectivity index (χ0) is 21.8. The van der Waals surface area contributed by atoms with E-state index in [4.69, 9.17) is 14.0 Å². The van der Waals surface area contributed by atoms with Gasteiger partial charge in [-0.25, -0.2) is 4.98 Å². The maximum atomic E-state index is 13.0. The monoisotopic (exact) mass is 420 g/mol. The first kappa shape index (κ1) is 20.1. The number of carbonyl (C=O) groups excluding carboxylic acids is 1. The predicted octanol–water partition coefficient (Wildman–Crippen LogP) is 3.10. The van der Waals surface area contributed by atoms with Gasteiger partial charge in [-0.05, 0) is 12.1 Å². The Bertz CT molecular complexity index is 1280. The van der Waals surface area contributed by atoms with Crippen molar-refractivity contribution in [1.82, 2.24) is 14.7 Å². The van der Waals surface area contributed by atoms with Crippen molar-refractivity contribution in [1.29, 1.82) is 0 Å². The molecule has 0 saturated carbocycles. The van der Waals surface area contributed by atoms with Crippen LogP contribution in [0.25, 0.3) is 22.4 Å². The fourth-order valence-electron chi connectivity index (χ4n) is 3.17. The van der Waals surface area contributed by atoms with Crippen molar-refractivity contribution in [3.05, 3.63) is 65.2 Å². The van der Waals surface area contributed by atoms with Crippen LogP contribution in [-0.4, -0.2) is 34.8 Å². The maximum Gasteiger partial charge on any atom is 0.266 e. The Morgan fingerprint density at radius 1 is 1.13 bits per heavy atom. The van der Waals surface area contributed by atoms with Gasteiger partial charge in [0, 0.05) is 24.6 Å². The average molecular weight is 420 g/mol. The van der Waals surface area contributed by atoms with Crippen LogP contribution in [0.1, 0.15) is 6.42 Å². The van der Waals surface area contributed by atoms with Gasteiger partial charge in [-0.3, -0.25) is 14.2 Å². The zero-order valence-electron chi connectivity index (χ0n) is 17.0. The maximum absolute atomic E-state index is 13.0. The summed E-state index contributed by atoms with van der Waals surface area (Å²) < 4.78 is 17.0. The third-order valence-corrected chi connectivity index (χ3v) is 4.77. The second kappa shape index (κ2) is 8.70. The summed E-state index contributed by atoms with van der Waals surface area (Å²) in [7, 11) is 3.06. The van der Waals surface area contributed by atoms with E-state index in [1.54, 1.807) is 25.3 Å². The number of aryl methyl sites for hydroxylation is 1. The van der Waals surface area contributed by atoms with E-state index in [2.05, 4.69) is 15.5 Å². The number of rotatable bonds is 7. The minimum atomic E-state index is -0.320. The van der Waals surface area contributed by atoms with Crippen LogP contribution in [0, 0.1) is 0 Å². The molecule has 0 aliphatic heterocycles. The molecule has 1 amide bonds. The fraction of sp³-hybridized carbons (Fsp3) is 0.182. The third-order valence-electron chi connectivity index (χ3n) is 4.77. The minimum absolute atomic E-state index is 0.0637. The summed E-state index contributed by atoms with van der Waals surface area (Å²) in [5, 5.41) is 7.07. The van der Waals surface area contributed by atoms with Gasteiger partial charge in [0.25, 0.3) is 11.3 Å². The van der Waals surface area contributed by atoms with Gasteiger partial charge < -0.3 is 19.3 Å². The number of amides is 1. The number of anilines is 1. The Hall–Kier alpha value is -4.14. The highest BCUT2D eigenvalue weighted by Crippen LogP contribution is 2.29. The van der Waals surface area contributed by atoms with Gasteiger partial charge in [-0.15, -0.1) is 0 Å².